The van der Waals surface area contributed by atoms with Gasteiger partial charge in [-0.25, -0.2) is 0 Å². The second-order valence-corrected chi connectivity index (χ2v) is 8.18. The summed E-state index contributed by atoms with van der Waals surface area (Å²) in [6.07, 6.45) is 9.89. The molecule has 0 aromatic rings. The van der Waals surface area contributed by atoms with Gasteiger partial charge in [-0.2, -0.15) is 0 Å². The molecule has 2 aliphatic carbocycles. The molecule has 3 heteroatoms. The summed E-state index contributed by atoms with van der Waals surface area (Å²) in [5.74, 6) is 0.764. The molecule has 18 heavy (non-hydrogen) atoms. The molecule has 0 aliphatic heterocycles. The van der Waals surface area contributed by atoms with E-state index in [4.69, 9.17) is 0 Å². The molecule has 0 aromatic carbocycles. The van der Waals surface area contributed by atoms with Crippen LogP contribution in [0, 0.1) is 5.92 Å². The van der Waals surface area contributed by atoms with Crippen molar-refractivity contribution in [1.29, 1.82) is 0 Å². The zero-order valence-corrected chi connectivity index (χ0v) is 12.8. The fraction of sp³-hybridized carbons (Fsp3) is 1.00. The van der Waals surface area contributed by atoms with Crippen LogP contribution >= 0.6 is 0 Å². The zero-order valence-electron chi connectivity index (χ0n) is 12.0. The Morgan fingerprint density at radius 2 is 1.89 bits per heavy atom. The topological polar surface area (TPSA) is 29.1 Å². The van der Waals surface area contributed by atoms with E-state index in [0.717, 1.165) is 12.5 Å². The van der Waals surface area contributed by atoms with Gasteiger partial charge >= 0.3 is 0 Å². The number of hydrogen-bond acceptors (Lipinski definition) is 2. The molecule has 2 rings (SSSR count). The Morgan fingerprint density at radius 1 is 1.17 bits per heavy atom. The highest BCUT2D eigenvalue weighted by molar-refractivity contribution is 7.86. The van der Waals surface area contributed by atoms with E-state index in [-0.39, 0.29) is 0 Å². The summed E-state index contributed by atoms with van der Waals surface area (Å²) < 4.78 is 12.8. The molecular weight excluding hydrogens is 242 g/mol. The number of hydrogen-bond donors (Lipinski definition) is 1. The Bertz CT molecular complexity index is 274. The first-order chi connectivity index (χ1) is 8.72. The fourth-order valence-electron chi connectivity index (χ4n) is 3.52. The number of rotatable bonds is 5. The molecule has 4 atom stereocenters. The fourth-order valence-corrected chi connectivity index (χ4v) is 5.88. The van der Waals surface area contributed by atoms with Crippen LogP contribution in [0.4, 0.5) is 0 Å². The maximum absolute atomic E-state index is 12.8. The van der Waals surface area contributed by atoms with E-state index in [0.29, 0.717) is 16.5 Å². The van der Waals surface area contributed by atoms with Crippen LogP contribution in [0.2, 0.25) is 0 Å². The van der Waals surface area contributed by atoms with Crippen LogP contribution in [-0.2, 0) is 10.8 Å². The minimum absolute atomic E-state index is 0.420. The van der Waals surface area contributed by atoms with E-state index in [1.807, 2.05) is 0 Å². The standard InChI is InChI=1S/C15H29NOS/c1-3-10-16-14-9-8-12(2)11-15(14)18(17)13-6-4-5-7-13/h12-16H,3-11H2,1-2H3. The van der Waals surface area contributed by atoms with Gasteiger partial charge in [0.25, 0.3) is 0 Å². The predicted molar refractivity (Wildman–Crippen MR) is 79.3 cm³/mol. The maximum atomic E-state index is 12.8. The third kappa shape index (κ3) is 3.57. The van der Waals surface area contributed by atoms with Crippen molar-refractivity contribution >= 4 is 10.8 Å². The molecule has 2 fully saturated rings. The van der Waals surface area contributed by atoms with Crippen molar-refractivity contribution in [3.63, 3.8) is 0 Å². The van der Waals surface area contributed by atoms with Crippen molar-refractivity contribution in [1.82, 2.24) is 5.32 Å². The Balaban J connectivity index is 1.97. The van der Waals surface area contributed by atoms with E-state index in [1.54, 1.807) is 0 Å². The van der Waals surface area contributed by atoms with Crippen LogP contribution in [0.3, 0.4) is 0 Å². The van der Waals surface area contributed by atoms with Crippen LogP contribution in [0.15, 0.2) is 0 Å². The van der Waals surface area contributed by atoms with E-state index in [2.05, 4.69) is 19.2 Å². The first kappa shape index (κ1) is 14.5. The van der Waals surface area contributed by atoms with Crippen molar-refractivity contribution in [3.05, 3.63) is 0 Å². The summed E-state index contributed by atoms with van der Waals surface area (Å²) in [5, 5.41) is 4.58. The quantitative estimate of drug-likeness (QED) is 0.832. The van der Waals surface area contributed by atoms with Crippen LogP contribution < -0.4 is 5.32 Å². The normalized spacial score (nSPS) is 35.8. The van der Waals surface area contributed by atoms with Gasteiger partial charge in [-0.3, -0.25) is 4.21 Å². The Kier molecular flexibility index (Phi) is 5.68. The van der Waals surface area contributed by atoms with Crippen molar-refractivity contribution < 1.29 is 4.21 Å². The lowest BCUT2D eigenvalue weighted by Crippen LogP contribution is -2.48. The lowest BCUT2D eigenvalue weighted by atomic mass is 9.87. The molecule has 0 aromatic heterocycles. The molecule has 0 spiro atoms. The van der Waals surface area contributed by atoms with E-state index in [9.17, 15) is 4.21 Å². The second kappa shape index (κ2) is 7.04. The maximum Gasteiger partial charge on any atom is 0.0506 e. The lowest BCUT2D eigenvalue weighted by Gasteiger charge is -2.36. The Morgan fingerprint density at radius 3 is 2.56 bits per heavy atom. The smallest absolute Gasteiger partial charge is 0.0506 e. The summed E-state index contributed by atoms with van der Waals surface area (Å²) in [6, 6.07) is 0.516. The first-order valence-electron chi connectivity index (χ1n) is 7.85. The summed E-state index contributed by atoms with van der Waals surface area (Å²) in [5.41, 5.74) is 0. The summed E-state index contributed by atoms with van der Waals surface area (Å²) in [7, 11) is -0.599. The van der Waals surface area contributed by atoms with Gasteiger partial charge in [0.05, 0.1) is 5.25 Å². The van der Waals surface area contributed by atoms with Crippen molar-refractivity contribution in [3.8, 4) is 0 Å². The van der Waals surface area contributed by atoms with Crippen molar-refractivity contribution in [2.24, 2.45) is 5.92 Å². The van der Waals surface area contributed by atoms with Gasteiger partial charge in [0.15, 0.2) is 0 Å². The molecule has 0 saturated heterocycles. The van der Waals surface area contributed by atoms with Crippen LogP contribution in [0.25, 0.3) is 0 Å². The van der Waals surface area contributed by atoms with Crippen molar-refractivity contribution in [2.75, 3.05) is 6.54 Å². The summed E-state index contributed by atoms with van der Waals surface area (Å²) >= 11 is 0. The minimum Gasteiger partial charge on any atom is -0.313 e. The molecular formula is C15H29NOS. The molecule has 2 saturated carbocycles. The molecule has 2 nitrogen and oxygen atoms in total. The van der Waals surface area contributed by atoms with E-state index in [1.165, 1.54) is 51.4 Å². The van der Waals surface area contributed by atoms with Crippen molar-refractivity contribution in [2.45, 2.75) is 81.8 Å². The lowest BCUT2D eigenvalue weighted by molar-refractivity contribution is 0.313. The largest absolute Gasteiger partial charge is 0.313 e. The minimum atomic E-state index is -0.599. The number of nitrogens with one attached hydrogen (secondary N) is 1. The summed E-state index contributed by atoms with van der Waals surface area (Å²) in [4.78, 5) is 0. The van der Waals surface area contributed by atoms with Gasteiger partial charge in [0, 0.05) is 22.1 Å². The molecule has 106 valence electrons. The molecule has 0 amide bonds. The molecule has 4 unspecified atom stereocenters. The molecule has 1 N–H and O–H groups in total. The van der Waals surface area contributed by atoms with Gasteiger partial charge in [-0.15, -0.1) is 0 Å². The van der Waals surface area contributed by atoms with Gasteiger partial charge in [0.2, 0.25) is 0 Å². The van der Waals surface area contributed by atoms with Gasteiger partial charge < -0.3 is 5.32 Å². The first-order valence-corrected chi connectivity index (χ1v) is 9.12. The molecule has 2 aliphatic rings. The SMILES string of the molecule is CCCNC1CCC(C)CC1S(=O)C1CCCC1. The highest BCUT2D eigenvalue weighted by Gasteiger charge is 2.36. The van der Waals surface area contributed by atoms with Crippen LogP contribution in [0.5, 0.6) is 0 Å². The third-order valence-corrected chi connectivity index (χ3v) is 6.89. The average Bonchev–Trinajstić information content (AvgIpc) is 2.90. The average molecular weight is 271 g/mol. The van der Waals surface area contributed by atoms with Crippen LogP contribution in [0.1, 0.15) is 65.2 Å². The second-order valence-electron chi connectivity index (χ2n) is 6.25. The molecule has 0 bridgehead atoms. The Labute approximate surface area is 115 Å². The summed E-state index contributed by atoms with van der Waals surface area (Å²) in [6.45, 7) is 5.62. The van der Waals surface area contributed by atoms with Gasteiger partial charge in [-0.1, -0.05) is 26.7 Å². The highest BCUT2D eigenvalue weighted by atomic mass is 32.2. The van der Waals surface area contributed by atoms with Crippen LogP contribution in [-0.4, -0.2) is 27.3 Å². The van der Waals surface area contributed by atoms with Gasteiger partial charge in [-0.05, 0) is 51.0 Å². The monoisotopic (exact) mass is 271 g/mol. The predicted octanol–water partition coefficient (Wildman–Crippen LogP) is 3.23. The highest BCUT2D eigenvalue weighted by Crippen LogP contribution is 2.33. The Hall–Kier alpha value is 0.110. The zero-order chi connectivity index (χ0) is 13.0. The van der Waals surface area contributed by atoms with Gasteiger partial charge in [0.1, 0.15) is 0 Å². The van der Waals surface area contributed by atoms with E-state index >= 15 is 0 Å². The third-order valence-electron chi connectivity index (χ3n) is 4.64. The molecule has 0 heterocycles. The van der Waals surface area contributed by atoms with E-state index < -0.39 is 10.8 Å². The molecule has 0 radical (unpaired) electrons.